The number of H-pyrrole nitrogens is 1. The summed E-state index contributed by atoms with van der Waals surface area (Å²) in [6, 6.07) is 10.4. The number of methoxy groups -OCH3 is 4. The highest BCUT2D eigenvalue weighted by atomic mass is 16.5. The molecule has 0 saturated heterocycles. The first-order chi connectivity index (χ1) is 25.6. The van der Waals surface area contributed by atoms with E-state index in [1.165, 1.54) is 27.4 Å². The van der Waals surface area contributed by atoms with Gasteiger partial charge in [0.05, 0.1) is 34.5 Å². The predicted octanol–water partition coefficient (Wildman–Crippen LogP) is 6.98. The summed E-state index contributed by atoms with van der Waals surface area (Å²) in [5.41, 5.74) is 2.46. The zero-order valence-electron chi connectivity index (χ0n) is 30.9. The normalized spacial score (nSPS) is 15.9. The highest BCUT2D eigenvalue weighted by molar-refractivity contribution is 5.98. The summed E-state index contributed by atoms with van der Waals surface area (Å²) >= 11 is 0. The Morgan fingerprint density at radius 1 is 0.981 bits per heavy atom. The highest BCUT2D eigenvalue weighted by Gasteiger charge is 2.32. The van der Waals surface area contributed by atoms with E-state index < -0.39 is 23.7 Å². The number of esters is 1. The minimum atomic E-state index is -0.986. The minimum absolute atomic E-state index is 0.0402. The fourth-order valence-corrected chi connectivity index (χ4v) is 6.79. The maximum absolute atomic E-state index is 13.8. The Bertz CT molecular complexity index is 1960. The minimum Gasteiger partial charge on any atom is -0.507 e. The number of nitrogens with one attached hydrogen (secondary N) is 2. The van der Waals surface area contributed by atoms with Crippen LogP contribution in [-0.4, -0.2) is 73.9 Å². The molecule has 0 bridgehead atoms. The van der Waals surface area contributed by atoms with E-state index in [1.807, 2.05) is 24.4 Å². The number of fused-ring (bicyclic) bond motifs is 2. The van der Waals surface area contributed by atoms with Crippen LogP contribution in [0, 0.1) is 0 Å². The highest BCUT2D eigenvalue weighted by Crippen LogP contribution is 2.47. The first-order valence-electron chi connectivity index (χ1n) is 17.8. The van der Waals surface area contributed by atoms with Gasteiger partial charge in [-0.15, -0.1) is 0 Å². The molecular formula is C41H48N2O10. The van der Waals surface area contributed by atoms with E-state index in [0.717, 1.165) is 22.2 Å². The van der Waals surface area contributed by atoms with Crippen molar-refractivity contribution in [3.05, 3.63) is 76.5 Å². The molecular weight excluding hydrogens is 680 g/mol. The van der Waals surface area contributed by atoms with Crippen molar-refractivity contribution in [3.63, 3.8) is 0 Å². The van der Waals surface area contributed by atoms with E-state index >= 15 is 0 Å². The van der Waals surface area contributed by atoms with Crippen molar-refractivity contribution in [2.45, 2.75) is 70.3 Å². The molecule has 1 aliphatic rings. The largest absolute Gasteiger partial charge is 0.507 e. The second kappa shape index (κ2) is 17.7. The molecule has 3 aromatic carbocycles. The number of ketones is 1. The van der Waals surface area contributed by atoms with Gasteiger partial charge in [-0.2, -0.15) is 0 Å². The van der Waals surface area contributed by atoms with E-state index in [-0.39, 0.29) is 40.6 Å². The zero-order valence-corrected chi connectivity index (χ0v) is 30.9. The molecule has 282 valence electrons. The van der Waals surface area contributed by atoms with Gasteiger partial charge in [0.25, 0.3) is 0 Å². The molecule has 12 nitrogen and oxygen atoms in total. The summed E-state index contributed by atoms with van der Waals surface area (Å²) in [5, 5.41) is 27.6. The van der Waals surface area contributed by atoms with Crippen molar-refractivity contribution in [1.82, 2.24) is 10.3 Å². The molecule has 53 heavy (non-hydrogen) atoms. The number of aromatic nitrogens is 1. The Morgan fingerprint density at radius 2 is 1.72 bits per heavy atom. The molecule has 1 aromatic heterocycles. The molecule has 1 amide bonds. The fraction of sp³-hybridized carbons (Fsp3) is 0.390. The van der Waals surface area contributed by atoms with Gasteiger partial charge in [-0.25, -0.2) is 4.79 Å². The summed E-state index contributed by atoms with van der Waals surface area (Å²) in [6.45, 7) is 2.03. The van der Waals surface area contributed by atoms with Crippen molar-refractivity contribution < 1.29 is 48.3 Å². The van der Waals surface area contributed by atoms with Crippen LogP contribution in [0.2, 0.25) is 0 Å². The topological polar surface area (TPSA) is 166 Å². The third-order valence-corrected chi connectivity index (χ3v) is 9.57. The first kappa shape index (κ1) is 38.6. The number of benzene rings is 3. The maximum Gasteiger partial charge on any atom is 0.342 e. The number of hydrogen-bond acceptors (Lipinski definition) is 10. The number of phenolic OH excluding ortho intramolecular Hbond substituents is 2. The molecule has 1 aliphatic heterocycles. The number of hydrogen-bond donors (Lipinski definition) is 4. The standard InChI is InChI=1S/C41H48N2O10/c1-24-10-9-13-28(44)12-8-6-7-11-25-18-33(45)38(39(47)37(25)41(48)53-24)31(27-19-34(50-3)40(52-5)35(20-27)51-4)22-36(46)42-17-16-26-23-43-32-15-14-29(49-2)21-30(26)32/h7,11,14-15,18-21,23-24,31,43,45,47H,6,8-10,12-13,16-17,22H2,1-5H3,(H,42,46)/t24-,31?/m0/s1. The second-order valence-corrected chi connectivity index (χ2v) is 13.1. The van der Waals surface area contributed by atoms with Crippen LogP contribution in [0.1, 0.15) is 90.4 Å². The van der Waals surface area contributed by atoms with Gasteiger partial charge >= 0.3 is 5.97 Å². The Hall–Kier alpha value is -5.65. The van der Waals surface area contributed by atoms with Crippen LogP contribution in [0.5, 0.6) is 34.5 Å². The number of allylic oxidation sites excluding steroid dienone is 1. The van der Waals surface area contributed by atoms with Crippen LogP contribution in [0.3, 0.4) is 0 Å². The third-order valence-electron chi connectivity index (χ3n) is 9.57. The maximum atomic E-state index is 13.8. The number of ether oxygens (including phenoxy) is 5. The average Bonchev–Trinajstić information content (AvgIpc) is 3.54. The van der Waals surface area contributed by atoms with Gasteiger partial charge in [0.15, 0.2) is 11.5 Å². The predicted molar refractivity (Wildman–Crippen MR) is 201 cm³/mol. The third kappa shape index (κ3) is 9.05. The van der Waals surface area contributed by atoms with E-state index in [4.69, 9.17) is 23.7 Å². The lowest BCUT2D eigenvalue weighted by atomic mass is 9.84. The monoisotopic (exact) mass is 728 g/mol. The van der Waals surface area contributed by atoms with Crippen molar-refractivity contribution in [2.75, 3.05) is 35.0 Å². The van der Waals surface area contributed by atoms with Gasteiger partial charge in [0.2, 0.25) is 11.7 Å². The van der Waals surface area contributed by atoms with Gasteiger partial charge in [-0.3, -0.25) is 9.59 Å². The van der Waals surface area contributed by atoms with Crippen LogP contribution < -0.4 is 24.3 Å². The molecule has 4 N–H and O–H groups in total. The average molecular weight is 729 g/mol. The van der Waals surface area contributed by atoms with Gasteiger partial charge < -0.3 is 44.2 Å². The van der Waals surface area contributed by atoms with Crippen molar-refractivity contribution in [2.24, 2.45) is 0 Å². The van der Waals surface area contributed by atoms with Crippen molar-refractivity contribution >= 4 is 34.6 Å². The van der Waals surface area contributed by atoms with Crippen molar-refractivity contribution in [3.8, 4) is 34.5 Å². The van der Waals surface area contributed by atoms with E-state index in [2.05, 4.69) is 10.3 Å². The first-order valence-corrected chi connectivity index (χ1v) is 17.8. The lowest BCUT2D eigenvalue weighted by molar-refractivity contribution is -0.121. The number of aromatic hydroxyl groups is 2. The fourth-order valence-electron chi connectivity index (χ4n) is 6.79. The molecule has 2 atom stereocenters. The molecule has 0 fully saturated rings. The Kier molecular flexibility index (Phi) is 12.9. The number of aromatic amines is 1. The lowest BCUT2D eigenvalue weighted by Gasteiger charge is -2.24. The molecule has 12 heteroatoms. The van der Waals surface area contributed by atoms with Crippen LogP contribution in [-0.2, 0) is 20.7 Å². The van der Waals surface area contributed by atoms with Gasteiger partial charge in [-0.1, -0.05) is 12.2 Å². The van der Waals surface area contributed by atoms with Crippen LogP contribution in [0.15, 0.2) is 48.7 Å². The number of carbonyl (C=O) groups is 3. The van der Waals surface area contributed by atoms with E-state index in [1.54, 1.807) is 38.3 Å². The molecule has 5 rings (SSSR count). The zero-order chi connectivity index (χ0) is 38.1. The van der Waals surface area contributed by atoms with Crippen LogP contribution in [0.25, 0.3) is 17.0 Å². The number of Topliss-reactive ketones (excluding diaryl/α,β-unsaturated/α-hetero) is 1. The Labute approximate surface area is 309 Å². The molecule has 2 heterocycles. The number of rotatable bonds is 11. The summed E-state index contributed by atoms with van der Waals surface area (Å²) in [5.74, 6) is -1.18. The van der Waals surface area contributed by atoms with E-state index in [0.29, 0.717) is 74.3 Å². The van der Waals surface area contributed by atoms with Crippen molar-refractivity contribution in [1.29, 1.82) is 0 Å². The van der Waals surface area contributed by atoms with Crippen LogP contribution >= 0.6 is 0 Å². The summed E-state index contributed by atoms with van der Waals surface area (Å²) in [4.78, 5) is 43.0. The SMILES string of the molecule is COc1ccc2[nH]cc(CCNC(=O)CC(c3cc(OC)c(OC)c(OC)c3)c3c(O)cc4c(c3O)C(=O)O[C@@H](C)CCCC(=O)CCCC=C4)c2c1. The summed E-state index contributed by atoms with van der Waals surface area (Å²) < 4.78 is 27.9. The molecule has 0 saturated carbocycles. The lowest BCUT2D eigenvalue weighted by Crippen LogP contribution is -2.27. The van der Waals surface area contributed by atoms with Gasteiger partial charge in [0.1, 0.15) is 28.6 Å². The molecule has 0 aliphatic carbocycles. The van der Waals surface area contributed by atoms with E-state index in [9.17, 15) is 24.6 Å². The molecule has 1 unspecified atom stereocenters. The number of amides is 1. The quantitative estimate of drug-likeness (QED) is 0.118. The molecule has 0 radical (unpaired) electrons. The number of cyclic esters (lactones) is 1. The number of phenols is 2. The second-order valence-electron chi connectivity index (χ2n) is 13.1. The Balaban J connectivity index is 1.54. The summed E-state index contributed by atoms with van der Waals surface area (Å²) in [7, 11) is 6.00. The molecule has 4 aromatic rings. The smallest absolute Gasteiger partial charge is 0.342 e. The van der Waals surface area contributed by atoms with Gasteiger partial charge in [-0.05, 0) is 92.1 Å². The van der Waals surface area contributed by atoms with Gasteiger partial charge in [0, 0.05) is 54.4 Å². The Morgan fingerprint density at radius 3 is 2.42 bits per heavy atom. The number of carbonyl (C=O) groups excluding carboxylic acids is 3. The summed E-state index contributed by atoms with van der Waals surface area (Å²) in [6.07, 6.45) is 8.14. The van der Waals surface area contributed by atoms with Crippen LogP contribution in [0.4, 0.5) is 0 Å². The molecule has 0 spiro atoms.